The van der Waals surface area contributed by atoms with Crippen LogP contribution in [0.5, 0.6) is 0 Å². The third-order valence-corrected chi connectivity index (χ3v) is 3.64. The van der Waals surface area contributed by atoms with Crippen LogP contribution in [0.2, 0.25) is 0 Å². The highest BCUT2D eigenvalue weighted by Gasteiger charge is 2.19. The van der Waals surface area contributed by atoms with Gasteiger partial charge in [-0.3, -0.25) is 14.9 Å². The average molecular weight is 284 g/mol. The second kappa shape index (κ2) is 8.55. The molecule has 0 unspecified atom stereocenters. The number of esters is 1. The zero-order valence-corrected chi connectivity index (χ0v) is 12.0. The molecular weight excluding hydrogens is 260 g/mol. The standard InChI is InChI=1S/C14H24N2O4/c1-10(13(18)16-14(15)19)20-12(17)9-5-8-11-6-3-2-4-7-11/h10-11H,2-9H2,1H3,(H3,15,16,18,19)/t10-/m1/s1. The predicted molar refractivity (Wildman–Crippen MR) is 73.7 cm³/mol. The van der Waals surface area contributed by atoms with Gasteiger partial charge in [-0.2, -0.15) is 0 Å². The smallest absolute Gasteiger partial charge is 0.318 e. The normalized spacial score (nSPS) is 17.2. The molecule has 0 aliphatic heterocycles. The monoisotopic (exact) mass is 284 g/mol. The summed E-state index contributed by atoms with van der Waals surface area (Å²) in [5.74, 6) is -0.377. The molecule has 1 rings (SSSR count). The number of hydrogen-bond acceptors (Lipinski definition) is 4. The van der Waals surface area contributed by atoms with E-state index in [4.69, 9.17) is 10.5 Å². The first-order chi connectivity index (χ1) is 9.49. The number of carbonyl (C=O) groups excluding carboxylic acids is 3. The number of rotatable bonds is 6. The Morgan fingerprint density at radius 3 is 2.50 bits per heavy atom. The molecule has 20 heavy (non-hydrogen) atoms. The molecule has 1 atom stereocenters. The number of urea groups is 1. The highest BCUT2D eigenvalue weighted by atomic mass is 16.5. The number of imide groups is 1. The second-order valence-corrected chi connectivity index (χ2v) is 5.38. The fourth-order valence-electron chi connectivity index (χ4n) is 2.54. The Bertz CT molecular complexity index is 351. The van der Waals surface area contributed by atoms with Crippen molar-refractivity contribution in [2.45, 2.75) is 64.4 Å². The maximum Gasteiger partial charge on any atom is 0.318 e. The van der Waals surface area contributed by atoms with E-state index < -0.39 is 24.0 Å². The average Bonchev–Trinajstić information content (AvgIpc) is 2.39. The van der Waals surface area contributed by atoms with E-state index in [-0.39, 0.29) is 0 Å². The number of amides is 3. The summed E-state index contributed by atoms with van der Waals surface area (Å²) in [6.45, 7) is 1.41. The molecule has 1 saturated carbocycles. The Balaban J connectivity index is 2.15. The van der Waals surface area contributed by atoms with Crippen molar-refractivity contribution in [2.24, 2.45) is 11.7 Å². The number of hydrogen-bond donors (Lipinski definition) is 2. The van der Waals surface area contributed by atoms with Gasteiger partial charge >= 0.3 is 12.0 Å². The van der Waals surface area contributed by atoms with Crippen molar-refractivity contribution in [1.82, 2.24) is 5.32 Å². The highest BCUT2D eigenvalue weighted by Crippen LogP contribution is 2.27. The summed E-state index contributed by atoms with van der Waals surface area (Å²) in [6, 6.07) is -0.949. The van der Waals surface area contributed by atoms with Crippen molar-refractivity contribution < 1.29 is 19.1 Å². The van der Waals surface area contributed by atoms with Crippen molar-refractivity contribution in [3.05, 3.63) is 0 Å². The molecule has 0 spiro atoms. The molecule has 0 bridgehead atoms. The summed E-state index contributed by atoms with van der Waals surface area (Å²) >= 11 is 0. The quantitative estimate of drug-likeness (QED) is 0.727. The SMILES string of the molecule is C[C@@H](OC(=O)CCCC1CCCCC1)C(=O)NC(N)=O. The molecule has 0 radical (unpaired) electrons. The molecule has 1 aliphatic carbocycles. The van der Waals surface area contributed by atoms with Gasteiger partial charge in [0.1, 0.15) is 0 Å². The van der Waals surface area contributed by atoms with E-state index in [1.165, 1.54) is 39.0 Å². The highest BCUT2D eigenvalue weighted by molar-refractivity contribution is 5.96. The van der Waals surface area contributed by atoms with Gasteiger partial charge in [-0.15, -0.1) is 0 Å². The largest absolute Gasteiger partial charge is 0.453 e. The maximum absolute atomic E-state index is 11.6. The molecule has 3 N–H and O–H groups in total. The summed E-state index contributed by atoms with van der Waals surface area (Å²) in [4.78, 5) is 33.4. The molecule has 0 aromatic carbocycles. The Morgan fingerprint density at radius 1 is 1.25 bits per heavy atom. The van der Waals surface area contributed by atoms with E-state index in [0.717, 1.165) is 18.8 Å². The molecule has 0 aromatic rings. The summed E-state index contributed by atoms with van der Waals surface area (Å²) < 4.78 is 4.94. The van der Waals surface area contributed by atoms with Crippen molar-refractivity contribution in [1.29, 1.82) is 0 Å². The van der Waals surface area contributed by atoms with Crippen LogP contribution in [0.4, 0.5) is 4.79 Å². The Hall–Kier alpha value is -1.59. The lowest BCUT2D eigenvalue weighted by atomic mass is 9.86. The number of ether oxygens (including phenoxy) is 1. The zero-order valence-electron chi connectivity index (χ0n) is 12.0. The van der Waals surface area contributed by atoms with Gasteiger partial charge in [-0.05, 0) is 25.7 Å². The minimum atomic E-state index is -0.996. The van der Waals surface area contributed by atoms with Gasteiger partial charge in [0, 0.05) is 6.42 Å². The van der Waals surface area contributed by atoms with Crippen LogP contribution in [-0.4, -0.2) is 24.0 Å². The minimum Gasteiger partial charge on any atom is -0.453 e. The van der Waals surface area contributed by atoms with Crippen LogP contribution in [-0.2, 0) is 14.3 Å². The molecule has 0 aromatic heterocycles. The van der Waals surface area contributed by atoms with Crippen LogP contribution in [0.15, 0.2) is 0 Å². The van der Waals surface area contributed by atoms with Crippen LogP contribution in [0.3, 0.4) is 0 Å². The van der Waals surface area contributed by atoms with Gasteiger partial charge in [0.2, 0.25) is 0 Å². The van der Waals surface area contributed by atoms with Crippen LogP contribution >= 0.6 is 0 Å². The summed E-state index contributed by atoms with van der Waals surface area (Å²) in [7, 11) is 0. The van der Waals surface area contributed by atoms with Crippen molar-refractivity contribution >= 4 is 17.9 Å². The topological polar surface area (TPSA) is 98.5 Å². The zero-order chi connectivity index (χ0) is 15.0. The number of primary amides is 1. The summed E-state index contributed by atoms with van der Waals surface area (Å²) in [5.41, 5.74) is 4.81. The van der Waals surface area contributed by atoms with Gasteiger partial charge in [-0.25, -0.2) is 4.79 Å². The number of carbonyl (C=O) groups is 3. The van der Waals surface area contributed by atoms with Gasteiger partial charge in [0.25, 0.3) is 5.91 Å². The minimum absolute atomic E-state index is 0.310. The fourth-order valence-corrected chi connectivity index (χ4v) is 2.54. The number of nitrogens with two attached hydrogens (primary N) is 1. The Labute approximate surface area is 119 Å². The molecule has 114 valence electrons. The van der Waals surface area contributed by atoms with Gasteiger partial charge in [0.05, 0.1) is 0 Å². The van der Waals surface area contributed by atoms with Gasteiger partial charge < -0.3 is 10.5 Å². The van der Waals surface area contributed by atoms with Crippen LogP contribution in [0, 0.1) is 5.92 Å². The van der Waals surface area contributed by atoms with E-state index in [2.05, 4.69) is 0 Å². The first kappa shape index (κ1) is 16.5. The fraction of sp³-hybridized carbons (Fsp3) is 0.786. The first-order valence-electron chi connectivity index (χ1n) is 7.29. The van der Waals surface area contributed by atoms with E-state index in [1.807, 2.05) is 5.32 Å². The molecule has 1 aliphatic rings. The Kier molecular flexibility index (Phi) is 7.04. The van der Waals surface area contributed by atoms with Crippen LogP contribution in [0.1, 0.15) is 58.3 Å². The molecule has 3 amide bonds. The van der Waals surface area contributed by atoms with Gasteiger partial charge in [0.15, 0.2) is 6.10 Å². The lowest BCUT2D eigenvalue weighted by molar-refractivity contribution is -0.154. The molecule has 0 saturated heterocycles. The van der Waals surface area contributed by atoms with E-state index in [1.54, 1.807) is 0 Å². The molecule has 1 fully saturated rings. The van der Waals surface area contributed by atoms with E-state index in [0.29, 0.717) is 6.42 Å². The maximum atomic E-state index is 11.6. The third kappa shape index (κ3) is 6.54. The van der Waals surface area contributed by atoms with Crippen molar-refractivity contribution in [2.75, 3.05) is 0 Å². The van der Waals surface area contributed by atoms with Crippen molar-refractivity contribution in [3.8, 4) is 0 Å². The first-order valence-corrected chi connectivity index (χ1v) is 7.29. The van der Waals surface area contributed by atoms with Crippen molar-refractivity contribution in [3.63, 3.8) is 0 Å². The van der Waals surface area contributed by atoms with E-state index >= 15 is 0 Å². The Morgan fingerprint density at radius 2 is 1.90 bits per heavy atom. The van der Waals surface area contributed by atoms with Crippen LogP contribution in [0.25, 0.3) is 0 Å². The lowest BCUT2D eigenvalue weighted by Gasteiger charge is -2.21. The predicted octanol–water partition coefficient (Wildman–Crippen LogP) is 1.86. The number of nitrogens with one attached hydrogen (secondary N) is 1. The lowest BCUT2D eigenvalue weighted by Crippen LogP contribution is -2.42. The van der Waals surface area contributed by atoms with Crippen LogP contribution < -0.4 is 11.1 Å². The summed E-state index contributed by atoms with van der Waals surface area (Å²) in [6.07, 6.45) is 7.56. The molecule has 6 heteroatoms. The second-order valence-electron chi connectivity index (χ2n) is 5.38. The molecule has 6 nitrogen and oxygen atoms in total. The third-order valence-electron chi connectivity index (χ3n) is 3.64. The van der Waals surface area contributed by atoms with E-state index in [9.17, 15) is 14.4 Å². The summed E-state index contributed by atoms with van der Waals surface area (Å²) in [5, 5.41) is 1.88. The molecular formula is C14H24N2O4. The molecule has 0 heterocycles. The van der Waals surface area contributed by atoms with Gasteiger partial charge in [-0.1, -0.05) is 32.1 Å².